The number of hydrogen-bond acceptors (Lipinski definition) is 3. The van der Waals surface area contributed by atoms with Gasteiger partial charge in [0.25, 0.3) is 0 Å². The van der Waals surface area contributed by atoms with Gasteiger partial charge < -0.3 is 0 Å². The largest absolute Gasteiger partial charge is 0.297 e. The lowest BCUT2D eigenvalue weighted by atomic mass is 9.89. The zero-order chi connectivity index (χ0) is 12.4. The van der Waals surface area contributed by atoms with E-state index in [1.54, 1.807) is 16.9 Å². The number of nitrogens with zero attached hydrogens (tertiary/aromatic N) is 3. The van der Waals surface area contributed by atoms with Crippen LogP contribution in [0.4, 0.5) is 0 Å². The molecule has 0 amide bonds. The molecule has 90 valence electrons. The number of ketones is 1. The van der Waals surface area contributed by atoms with Crippen molar-refractivity contribution in [1.29, 1.82) is 5.26 Å². The van der Waals surface area contributed by atoms with E-state index in [0.29, 0.717) is 24.1 Å². The van der Waals surface area contributed by atoms with E-state index in [-0.39, 0.29) is 11.7 Å². The summed E-state index contributed by atoms with van der Waals surface area (Å²) in [6.45, 7) is 4.66. The molecule has 3 unspecified atom stereocenters. The van der Waals surface area contributed by atoms with Gasteiger partial charge in [0.2, 0.25) is 0 Å². The lowest BCUT2D eigenvalue weighted by Crippen LogP contribution is -2.23. The van der Waals surface area contributed by atoms with Crippen LogP contribution in [-0.2, 0) is 11.3 Å². The van der Waals surface area contributed by atoms with Crippen molar-refractivity contribution in [2.24, 2.45) is 17.8 Å². The van der Waals surface area contributed by atoms with Crippen molar-refractivity contribution >= 4 is 5.78 Å². The number of carbonyl (C=O) groups excluding carboxylic acids is 1. The van der Waals surface area contributed by atoms with Gasteiger partial charge in [0.05, 0.1) is 6.54 Å². The summed E-state index contributed by atoms with van der Waals surface area (Å²) in [5.41, 5.74) is 0.366. The van der Waals surface area contributed by atoms with Crippen LogP contribution in [-0.4, -0.2) is 15.6 Å². The highest BCUT2D eigenvalue weighted by Crippen LogP contribution is 2.37. The molecular weight excluding hydrogens is 214 g/mol. The fourth-order valence-electron chi connectivity index (χ4n) is 2.61. The molecule has 0 aromatic carbocycles. The van der Waals surface area contributed by atoms with Crippen LogP contribution in [0, 0.1) is 29.1 Å². The maximum atomic E-state index is 12.1. The Balaban J connectivity index is 2.00. The number of Topliss-reactive ketones (excluding diaryl/α,β-unsaturated/α-hetero) is 1. The summed E-state index contributed by atoms with van der Waals surface area (Å²) in [6, 6.07) is 3.60. The smallest absolute Gasteiger partial charge is 0.162 e. The second-order valence-corrected chi connectivity index (χ2v) is 5.00. The van der Waals surface area contributed by atoms with Crippen LogP contribution >= 0.6 is 0 Å². The Morgan fingerprint density at radius 3 is 2.88 bits per heavy atom. The Morgan fingerprint density at radius 2 is 2.35 bits per heavy atom. The molecule has 0 radical (unpaired) electrons. The molecule has 17 heavy (non-hydrogen) atoms. The van der Waals surface area contributed by atoms with Crippen LogP contribution in [0.5, 0.6) is 0 Å². The molecule has 4 nitrogen and oxygen atoms in total. The van der Waals surface area contributed by atoms with Crippen LogP contribution in [0.25, 0.3) is 0 Å². The Bertz CT molecular complexity index is 457. The van der Waals surface area contributed by atoms with Gasteiger partial charge in [0, 0.05) is 12.1 Å². The Hall–Kier alpha value is -1.63. The number of aromatic nitrogens is 2. The van der Waals surface area contributed by atoms with E-state index < -0.39 is 0 Å². The van der Waals surface area contributed by atoms with Crippen LogP contribution < -0.4 is 0 Å². The summed E-state index contributed by atoms with van der Waals surface area (Å²) in [4.78, 5) is 12.1. The van der Waals surface area contributed by atoms with Crippen molar-refractivity contribution < 1.29 is 4.79 Å². The molecule has 1 aromatic rings. The highest BCUT2D eigenvalue weighted by molar-refractivity contribution is 5.81. The quantitative estimate of drug-likeness (QED) is 0.799. The molecule has 0 aliphatic heterocycles. The standard InChI is InChI=1S/C13H17N3O/c1-9-3-4-12(10(9)2)13(17)8-16-6-5-11(7-14)15-16/h5-6,9-10,12H,3-4,8H2,1-2H3. The molecule has 0 spiro atoms. The first-order valence-electron chi connectivity index (χ1n) is 6.08. The van der Waals surface area contributed by atoms with Crippen molar-refractivity contribution in [3.05, 3.63) is 18.0 Å². The van der Waals surface area contributed by atoms with Crippen molar-refractivity contribution in [3.8, 4) is 6.07 Å². The van der Waals surface area contributed by atoms with E-state index in [2.05, 4.69) is 18.9 Å². The van der Waals surface area contributed by atoms with Gasteiger partial charge in [-0.05, 0) is 30.7 Å². The summed E-state index contributed by atoms with van der Waals surface area (Å²) >= 11 is 0. The molecule has 4 heteroatoms. The first kappa shape index (κ1) is 11.8. The maximum absolute atomic E-state index is 12.1. The van der Waals surface area contributed by atoms with Gasteiger partial charge in [-0.1, -0.05) is 13.8 Å². The summed E-state index contributed by atoms with van der Waals surface area (Å²) < 4.78 is 1.57. The Kier molecular flexibility index (Phi) is 3.28. The fraction of sp³-hybridized carbons (Fsp3) is 0.615. The highest BCUT2D eigenvalue weighted by atomic mass is 16.1. The van der Waals surface area contributed by atoms with Gasteiger partial charge in [-0.2, -0.15) is 10.4 Å². The van der Waals surface area contributed by atoms with E-state index in [0.717, 1.165) is 12.8 Å². The highest BCUT2D eigenvalue weighted by Gasteiger charge is 2.34. The van der Waals surface area contributed by atoms with Crippen LogP contribution in [0.3, 0.4) is 0 Å². The minimum Gasteiger partial charge on any atom is -0.297 e. The molecule has 1 heterocycles. The zero-order valence-electron chi connectivity index (χ0n) is 10.3. The Labute approximate surface area is 101 Å². The van der Waals surface area contributed by atoms with E-state index in [9.17, 15) is 4.79 Å². The third-order valence-corrected chi connectivity index (χ3v) is 3.95. The monoisotopic (exact) mass is 231 g/mol. The molecule has 0 bridgehead atoms. The fourth-order valence-corrected chi connectivity index (χ4v) is 2.61. The van der Waals surface area contributed by atoms with E-state index >= 15 is 0 Å². The summed E-state index contributed by atoms with van der Waals surface area (Å²) in [7, 11) is 0. The van der Waals surface area contributed by atoms with E-state index in [4.69, 9.17) is 5.26 Å². The normalized spacial score (nSPS) is 27.9. The molecule has 1 fully saturated rings. The van der Waals surface area contributed by atoms with Crippen molar-refractivity contribution in [1.82, 2.24) is 9.78 Å². The average Bonchev–Trinajstić information content (AvgIpc) is 2.88. The summed E-state index contributed by atoms with van der Waals surface area (Å²) in [5, 5.41) is 12.7. The van der Waals surface area contributed by atoms with Gasteiger partial charge in [-0.25, -0.2) is 0 Å². The first-order chi connectivity index (χ1) is 8.11. The molecule has 1 aliphatic rings. The molecule has 1 aromatic heterocycles. The van der Waals surface area contributed by atoms with Crippen molar-refractivity contribution in [2.45, 2.75) is 33.2 Å². The molecule has 0 saturated heterocycles. The van der Waals surface area contributed by atoms with Gasteiger partial charge in [-0.15, -0.1) is 0 Å². The van der Waals surface area contributed by atoms with Gasteiger partial charge >= 0.3 is 0 Å². The van der Waals surface area contributed by atoms with Gasteiger partial charge in [-0.3, -0.25) is 9.48 Å². The third-order valence-electron chi connectivity index (χ3n) is 3.95. The maximum Gasteiger partial charge on any atom is 0.162 e. The first-order valence-corrected chi connectivity index (χ1v) is 6.08. The van der Waals surface area contributed by atoms with Crippen molar-refractivity contribution in [3.63, 3.8) is 0 Å². The minimum atomic E-state index is 0.166. The second kappa shape index (κ2) is 4.70. The predicted molar refractivity (Wildman–Crippen MR) is 63.0 cm³/mol. The third kappa shape index (κ3) is 2.38. The zero-order valence-corrected chi connectivity index (χ0v) is 10.3. The van der Waals surface area contributed by atoms with Crippen molar-refractivity contribution in [2.75, 3.05) is 0 Å². The number of rotatable bonds is 3. The second-order valence-electron chi connectivity index (χ2n) is 5.00. The SMILES string of the molecule is CC1CCC(C(=O)Cn2ccc(C#N)n2)C1C. The predicted octanol–water partition coefficient (Wildman–Crippen LogP) is 2.01. The van der Waals surface area contributed by atoms with Gasteiger partial charge in [0.15, 0.2) is 11.5 Å². The van der Waals surface area contributed by atoms with E-state index in [1.165, 1.54) is 0 Å². The number of carbonyl (C=O) groups is 1. The topological polar surface area (TPSA) is 58.7 Å². The summed E-state index contributed by atoms with van der Waals surface area (Å²) in [6.07, 6.45) is 3.83. The Morgan fingerprint density at radius 1 is 1.59 bits per heavy atom. The number of nitriles is 1. The van der Waals surface area contributed by atoms with Gasteiger partial charge in [0.1, 0.15) is 6.07 Å². The molecule has 3 atom stereocenters. The molecule has 2 rings (SSSR count). The van der Waals surface area contributed by atoms with Crippen LogP contribution in [0.1, 0.15) is 32.4 Å². The lowest BCUT2D eigenvalue weighted by Gasteiger charge is -2.16. The molecule has 0 N–H and O–H groups in total. The minimum absolute atomic E-state index is 0.166. The molecular formula is C13H17N3O. The lowest BCUT2D eigenvalue weighted by molar-refractivity contribution is -0.124. The number of hydrogen-bond donors (Lipinski definition) is 0. The summed E-state index contributed by atoms with van der Waals surface area (Å²) in [5.74, 6) is 1.51. The molecule has 1 saturated carbocycles. The average molecular weight is 231 g/mol. The van der Waals surface area contributed by atoms with E-state index in [1.807, 2.05) is 6.07 Å². The van der Waals surface area contributed by atoms with Crippen LogP contribution in [0.2, 0.25) is 0 Å². The van der Waals surface area contributed by atoms with Crippen LogP contribution in [0.15, 0.2) is 12.3 Å². The molecule has 1 aliphatic carbocycles.